The Labute approximate surface area is 316 Å². The number of nitrogens with zero attached hydrogens (tertiary/aromatic N) is 5. The predicted octanol–water partition coefficient (Wildman–Crippen LogP) is 6.89. The summed E-state index contributed by atoms with van der Waals surface area (Å²) in [6.07, 6.45) is 1.58. The summed E-state index contributed by atoms with van der Waals surface area (Å²) >= 11 is 0. The van der Waals surface area contributed by atoms with Crippen molar-refractivity contribution in [3.05, 3.63) is 155 Å². The average molecular weight is 722 g/mol. The Morgan fingerprint density at radius 2 is 1.37 bits per heavy atom. The van der Waals surface area contributed by atoms with Gasteiger partial charge in [0.1, 0.15) is 25.2 Å². The van der Waals surface area contributed by atoms with Gasteiger partial charge in [-0.1, -0.05) is 84.6 Å². The van der Waals surface area contributed by atoms with Crippen LogP contribution in [0, 0.1) is 11.8 Å². The molecule has 0 saturated carbocycles. The molecular formula is C44H43N5O5. The van der Waals surface area contributed by atoms with Gasteiger partial charge in [0.05, 0.1) is 18.7 Å². The number of ether oxygens (including phenoxy) is 3. The number of hydrogen-bond acceptors (Lipinski definition) is 7. The monoisotopic (exact) mass is 721 g/mol. The average Bonchev–Trinajstić information content (AvgIpc) is 3.52. The first-order valence-corrected chi connectivity index (χ1v) is 18.1. The van der Waals surface area contributed by atoms with Crippen molar-refractivity contribution < 1.29 is 23.8 Å². The second kappa shape index (κ2) is 16.7. The van der Waals surface area contributed by atoms with Crippen LogP contribution < -0.4 is 9.47 Å². The van der Waals surface area contributed by atoms with E-state index in [-0.39, 0.29) is 36.7 Å². The molecule has 0 bridgehead atoms. The number of rotatable bonds is 12. The molecule has 2 aliphatic rings. The van der Waals surface area contributed by atoms with E-state index in [1.54, 1.807) is 12.0 Å². The molecule has 0 spiro atoms. The minimum atomic E-state index is -0.167. The molecule has 1 unspecified atom stereocenters. The van der Waals surface area contributed by atoms with Gasteiger partial charge < -0.3 is 28.9 Å². The molecule has 3 amide bonds. The lowest BCUT2D eigenvalue weighted by atomic mass is 10.0. The van der Waals surface area contributed by atoms with E-state index in [0.29, 0.717) is 55.7 Å². The summed E-state index contributed by atoms with van der Waals surface area (Å²) in [6, 6.07) is 34.9. The van der Waals surface area contributed by atoms with Crippen molar-refractivity contribution in [3.8, 4) is 23.5 Å². The first-order valence-electron chi connectivity index (χ1n) is 18.1. The third-order valence-corrected chi connectivity index (χ3v) is 9.65. The summed E-state index contributed by atoms with van der Waals surface area (Å²) in [5, 5.41) is 0. The fourth-order valence-corrected chi connectivity index (χ4v) is 6.60. The highest BCUT2D eigenvalue weighted by atomic mass is 16.5. The van der Waals surface area contributed by atoms with Gasteiger partial charge in [-0.15, -0.1) is 0 Å². The van der Waals surface area contributed by atoms with Gasteiger partial charge in [0, 0.05) is 49.5 Å². The number of carbonyl (C=O) groups excluding carboxylic acids is 2. The number of carbonyl (C=O) groups is 2. The van der Waals surface area contributed by atoms with Crippen LogP contribution in [0.2, 0.25) is 0 Å². The van der Waals surface area contributed by atoms with Gasteiger partial charge in [-0.2, -0.15) is 4.98 Å². The lowest BCUT2D eigenvalue weighted by molar-refractivity contribution is -0.0191. The molecule has 3 heterocycles. The molecule has 4 aromatic carbocycles. The second-order valence-electron chi connectivity index (χ2n) is 13.7. The molecule has 10 nitrogen and oxygen atoms in total. The molecule has 2 saturated heterocycles. The van der Waals surface area contributed by atoms with Crippen LogP contribution in [0.3, 0.4) is 0 Å². The molecule has 0 radical (unpaired) electrons. The maximum absolute atomic E-state index is 14.0. The molecule has 54 heavy (non-hydrogen) atoms. The normalized spacial score (nSPS) is 15.5. The second-order valence-corrected chi connectivity index (χ2v) is 13.7. The number of urea groups is 1. The van der Waals surface area contributed by atoms with Crippen molar-refractivity contribution in [3.63, 3.8) is 0 Å². The van der Waals surface area contributed by atoms with Crippen molar-refractivity contribution in [2.75, 3.05) is 26.7 Å². The summed E-state index contributed by atoms with van der Waals surface area (Å²) in [6.45, 7) is 6.61. The lowest BCUT2D eigenvalue weighted by Crippen LogP contribution is -2.54. The van der Waals surface area contributed by atoms with Gasteiger partial charge in [0.15, 0.2) is 0 Å². The highest BCUT2D eigenvalue weighted by molar-refractivity contribution is 5.95. The Bertz CT molecular complexity index is 2110. The number of aromatic nitrogens is 2. The number of likely N-dealkylation sites (tertiary alicyclic amines) is 1. The van der Waals surface area contributed by atoms with E-state index in [9.17, 15) is 9.59 Å². The zero-order valence-corrected chi connectivity index (χ0v) is 30.7. The summed E-state index contributed by atoms with van der Waals surface area (Å²) in [5.41, 5.74) is 5.90. The molecule has 5 aromatic rings. The highest BCUT2D eigenvalue weighted by Crippen LogP contribution is 2.35. The zero-order chi connectivity index (χ0) is 37.4. The van der Waals surface area contributed by atoms with Crippen LogP contribution in [0.5, 0.6) is 11.6 Å². The molecule has 1 aromatic heterocycles. The molecule has 1 atom stereocenters. The molecule has 0 N–H and O–H groups in total. The van der Waals surface area contributed by atoms with Crippen LogP contribution in [0.4, 0.5) is 4.79 Å². The van der Waals surface area contributed by atoms with Gasteiger partial charge >= 0.3 is 6.03 Å². The Kier molecular flexibility index (Phi) is 11.2. The fraction of sp³-hybridized carbons (Fsp3) is 0.273. The Balaban J connectivity index is 1.05. The molecule has 274 valence electrons. The van der Waals surface area contributed by atoms with E-state index in [0.717, 1.165) is 27.8 Å². The van der Waals surface area contributed by atoms with Crippen molar-refractivity contribution in [2.45, 2.75) is 51.8 Å². The van der Waals surface area contributed by atoms with Crippen LogP contribution >= 0.6 is 0 Å². The molecule has 7 rings (SSSR count). The topological polar surface area (TPSA) is 97.3 Å². The first-order chi connectivity index (χ1) is 26.4. The van der Waals surface area contributed by atoms with Gasteiger partial charge in [-0.05, 0) is 66.9 Å². The fourth-order valence-electron chi connectivity index (χ4n) is 6.60. The minimum absolute atomic E-state index is 0.00396. The van der Waals surface area contributed by atoms with Crippen LogP contribution in [0.25, 0.3) is 0 Å². The zero-order valence-electron chi connectivity index (χ0n) is 30.7. The maximum atomic E-state index is 14.0. The van der Waals surface area contributed by atoms with Crippen LogP contribution in [0.15, 0.2) is 116 Å². The van der Waals surface area contributed by atoms with E-state index >= 15 is 0 Å². The number of hydrogen-bond donors (Lipinski definition) is 0. The summed E-state index contributed by atoms with van der Waals surface area (Å²) in [5.74, 6) is 7.19. The van der Waals surface area contributed by atoms with Crippen LogP contribution in [-0.2, 0) is 24.5 Å². The molecule has 10 heteroatoms. The Hall–Kier alpha value is -6.18. The van der Waals surface area contributed by atoms with E-state index in [1.165, 1.54) is 6.33 Å². The van der Waals surface area contributed by atoms with Crippen molar-refractivity contribution in [2.24, 2.45) is 0 Å². The van der Waals surface area contributed by atoms with Crippen molar-refractivity contribution >= 4 is 11.9 Å². The number of amides is 3. The first kappa shape index (κ1) is 36.2. The predicted molar refractivity (Wildman–Crippen MR) is 205 cm³/mol. The van der Waals surface area contributed by atoms with Gasteiger partial charge in [-0.25, -0.2) is 9.78 Å². The molecule has 2 aliphatic heterocycles. The molecular weight excluding hydrogens is 679 g/mol. The SMILES string of the molecule is COC1CN(C(=O)c2ccc(C#Cc3ccc(C4CN(Cc5ncnc(OCc6ccccc6)c5OCc5ccccc5)C(=O)N4C(C)C)cc3)cc2)C1. The van der Waals surface area contributed by atoms with Crippen LogP contribution in [0.1, 0.15) is 63.8 Å². The number of methoxy groups -OCH3 is 1. The molecule has 2 fully saturated rings. The van der Waals surface area contributed by atoms with Gasteiger partial charge in [-0.3, -0.25) is 4.79 Å². The third kappa shape index (κ3) is 8.38. The van der Waals surface area contributed by atoms with Crippen molar-refractivity contribution in [1.29, 1.82) is 0 Å². The van der Waals surface area contributed by atoms with E-state index in [1.807, 2.05) is 133 Å². The minimum Gasteiger partial charge on any atom is -0.482 e. The van der Waals surface area contributed by atoms with Crippen molar-refractivity contribution in [1.82, 2.24) is 24.7 Å². The van der Waals surface area contributed by atoms with Gasteiger partial charge in [0.2, 0.25) is 5.75 Å². The lowest BCUT2D eigenvalue weighted by Gasteiger charge is -2.38. The number of benzene rings is 4. The van der Waals surface area contributed by atoms with E-state index in [2.05, 4.69) is 21.8 Å². The summed E-state index contributed by atoms with van der Waals surface area (Å²) < 4.78 is 17.8. The highest BCUT2D eigenvalue weighted by Gasteiger charge is 2.40. The maximum Gasteiger partial charge on any atom is 0.321 e. The third-order valence-electron chi connectivity index (χ3n) is 9.65. The standard InChI is InChI=1S/C44H43N5O5/c1-31(2)49-40(36-20-16-32(17-21-36)14-15-33-18-22-37(23-19-33)43(50)47-24-38(25-47)52-3)27-48(44(49)51)26-39-41(53-28-34-10-6-4-7-11-34)42(46-30-45-39)54-29-35-12-8-5-9-13-35/h4-13,16-23,30-31,38,40H,24-29H2,1-3H3. The summed E-state index contributed by atoms with van der Waals surface area (Å²) in [4.78, 5) is 41.2. The van der Waals surface area contributed by atoms with Gasteiger partial charge in [0.25, 0.3) is 11.8 Å². The Morgan fingerprint density at radius 3 is 1.96 bits per heavy atom. The quantitative estimate of drug-likeness (QED) is 0.130. The largest absolute Gasteiger partial charge is 0.482 e. The molecule has 0 aliphatic carbocycles. The summed E-state index contributed by atoms with van der Waals surface area (Å²) in [7, 11) is 1.67. The smallest absolute Gasteiger partial charge is 0.321 e. The Morgan fingerprint density at radius 1 is 0.778 bits per heavy atom. The van der Waals surface area contributed by atoms with Crippen LogP contribution in [-0.4, -0.2) is 75.5 Å². The van der Waals surface area contributed by atoms with E-state index < -0.39 is 0 Å². The van der Waals surface area contributed by atoms with E-state index in [4.69, 9.17) is 14.2 Å².